The van der Waals surface area contributed by atoms with Crippen molar-refractivity contribution in [2.45, 2.75) is 13.8 Å². The van der Waals surface area contributed by atoms with Crippen LogP contribution in [0.2, 0.25) is 4.47 Å². The van der Waals surface area contributed by atoms with E-state index in [4.69, 9.17) is 11.6 Å². The van der Waals surface area contributed by atoms with Crippen LogP contribution >= 0.6 is 22.9 Å². The van der Waals surface area contributed by atoms with Crippen LogP contribution in [0.15, 0.2) is 24.3 Å². The maximum Gasteiger partial charge on any atom is 0.184 e. The zero-order valence-electron chi connectivity index (χ0n) is 8.04. The highest BCUT2D eigenvalue weighted by Gasteiger charge is 2.07. The summed E-state index contributed by atoms with van der Waals surface area (Å²) in [4.78, 5) is 5.46. The van der Waals surface area contributed by atoms with E-state index in [1.54, 1.807) is 0 Å². The van der Waals surface area contributed by atoms with E-state index in [1.807, 2.05) is 6.92 Å². The molecule has 0 radical (unpaired) electrons. The first-order valence-corrected chi connectivity index (χ1v) is 5.56. The van der Waals surface area contributed by atoms with E-state index in [-0.39, 0.29) is 0 Å². The van der Waals surface area contributed by atoms with Gasteiger partial charge < -0.3 is 0 Å². The second kappa shape index (κ2) is 3.71. The van der Waals surface area contributed by atoms with Gasteiger partial charge in [-0.2, -0.15) is 0 Å². The fourth-order valence-electron chi connectivity index (χ4n) is 1.34. The lowest BCUT2D eigenvalue weighted by Gasteiger charge is -1.98. The Hall–Kier alpha value is -0.860. The van der Waals surface area contributed by atoms with E-state index >= 15 is 0 Å². The predicted octanol–water partition coefficient (Wildman–Crippen LogP) is 4.08. The van der Waals surface area contributed by atoms with Crippen LogP contribution in [0.4, 0.5) is 0 Å². The molecule has 2 rings (SSSR count). The van der Waals surface area contributed by atoms with Gasteiger partial charge >= 0.3 is 0 Å². The molecule has 1 aromatic carbocycles. The Labute approximate surface area is 92.4 Å². The molecule has 0 amide bonds. The Kier molecular flexibility index (Phi) is 2.57. The molecule has 3 heteroatoms. The molecule has 1 heterocycles. The Morgan fingerprint density at radius 1 is 1.14 bits per heavy atom. The molecule has 0 saturated heterocycles. The van der Waals surface area contributed by atoms with Gasteiger partial charge in [-0.25, -0.2) is 4.98 Å². The minimum absolute atomic E-state index is 0.609. The molecule has 2 aromatic rings. The van der Waals surface area contributed by atoms with Crippen molar-refractivity contribution in [1.29, 1.82) is 0 Å². The SMILES string of the molecule is Cc1ccc(-c2nc(Cl)sc2C)cc1. The molecule has 0 unspecified atom stereocenters. The number of benzene rings is 1. The predicted molar refractivity (Wildman–Crippen MR) is 62.0 cm³/mol. The van der Waals surface area contributed by atoms with Crippen LogP contribution < -0.4 is 0 Å². The van der Waals surface area contributed by atoms with E-state index < -0.39 is 0 Å². The van der Waals surface area contributed by atoms with Crippen molar-refractivity contribution in [2.75, 3.05) is 0 Å². The number of aryl methyl sites for hydroxylation is 2. The third kappa shape index (κ3) is 1.81. The summed E-state index contributed by atoms with van der Waals surface area (Å²) in [6.07, 6.45) is 0. The van der Waals surface area contributed by atoms with Gasteiger partial charge in [-0.15, -0.1) is 11.3 Å². The van der Waals surface area contributed by atoms with Crippen LogP contribution in [0.25, 0.3) is 11.3 Å². The summed E-state index contributed by atoms with van der Waals surface area (Å²) in [5.41, 5.74) is 3.39. The van der Waals surface area contributed by atoms with Gasteiger partial charge in [-0.1, -0.05) is 41.4 Å². The van der Waals surface area contributed by atoms with Crippen molar-refractivity contribution in [1.82, 2.24) is 4.98 Å². The molecule has 0 N–H and O–H groups in total. The fraction of sp³-hybridized carbons (Fsp3) is 0.182. The maximum atomic E-state index is 5.85. The minimum atomic E-state index is 0.609. The first-order chi connectivity index (χ1) is 6.66. The second-order valence-corrected chi connectivity index (χ2v) is 5.02. The molecule has 0 atom stereocenters. The zero-order chi connectivity index (χ0) is 10.1. The van der Waals surface area contributed by atoms with Crippen molar-refractivity contribution in [2.24, 2.45) is 0 Å². The van der Waals surface area contributed by atoms with Gasteiger partial charge in [-0.3, -0.25) is 0 Å². The van der Waals surface area contributed by atoms with Crippen molar-refractivity contribution >= 4 is 22.9 Å². The molecule has 0 spiro atoms. The average molecular weight is 224 g/mol. The maximum absolute atomic E-state index is 5.85. The standard InChI is InChI=1S/C11H10ClNS/c1-7-3-5-9(6-4-7)10-8(2)14-11(12)13-10/h3-6H,1-2H3. The summed E-state index contributed by atoms with van der Waals surface area (Å²) >= 11 is 7.38. The number of hydrogen-bond donors (Lipinski definition) is 0. The third-order valence-corrected chi connectivity index (χ3v) is 3.17. The molecular weight excluding hydrogens is 214 g/mol. The van der Waals surface area contributed by atoms with Crippen LogP contribution in [-0.4, -0.2) is 4.98 Å². The van der Waals surface area contributed by atoms with Crippen molar-refractivity contribution in [3.8, 4) is 11.3 Å². The van der Waals surface area contributed by atoms with Crippen LogP contribution in [0.3, 0.4) is 0 Å². The molecule has 14 heavy (non-hydrogen) atoms. The van der Waals surface area contributed by atoms with Crippen molar-refractivity contribution in [3.63, 3.8) is 0 Å². The lowest BCUT2D eigenvalue weighted by atomic mass is 10.1. The summed E-state index contributed by atoms with van der Waals surface area (Å²) in [6.45, 7) is 4.11. The smallest absolute Gasteiger partial charge is 0.184 e. The summed E-state index contributed by atoms with van der Waals surface area (Å²) in [6, 6.07) is 8.32. The number of halogens is 1. The normalized spacial score (nSPS) is 10.5. The largest absolute Gasteiger partial charge is 0.225 e. The summed E-state index contributed by atoms with van der Waals surface area (Å²) in [5.74, 6) is 0. The number of nitrogens with zero attached hydrogens (tertiary/aromatic N) is 1. The number of thiazole rings is 1. The highest BCUT2D eigenvalue weighted by Crippen LogP contribution is 2.29. The van der Waals surface area contributed by atoms with E-state index in [0.717, 1.165) is 11.3 Å². The van der Waals surface area contributed by atoms with Crippen LogP contribution in [0.1, 0.15) is 10.4 Å². The monoisotopic (exact) mass is 223 g/mol. The first-order valence-electron chi connectivity index (χ1n) is 4.37. The molecule has 72 valence electrons. The molecule has 0 aliphatic rings. The lowest BCUT2D eigenvalue weighted by molar-refractivity contribution is 1.36. The fourth-order valence-corrected chi connectivity index (χ4v) is 2.42. The van der Waals surface area contributed by atoms with Gasteiger partial charge in [0.15, 0.2) is 4.47 Å². The van der Waals surface area contributed by atoms with Gasteiger partial charge in [0.25, 0.3) is 0 Å². The van der Waals surface area contributed by atoms with E-state index in [1.165, 1.54) is 21.8 Å². The van der Waals surface area contributed by atoms with Crippen LogP contribution in [0, 0.1) is 13.8 Å². The molecule has 0 aliphatic carbocycles. The average Bonchev–Trinajstić information content (AvgIpc) is 2.47. The molecule has 0 fully saturated rings. The van der Waals surface area contributed by atoms with Gasteiger partial charge in [0.1, 0.15) is 0 Å². The first kappa shape index (κ1) is 9.69. The molecule has 1 nitrogen and oxygen atoms in total. The molecule has 1 aromatic heterocycles. The van der Waals surface area contributed by atoms with Gasteiger partial charge in [-0.05, 0) is 13.8 Å². The summed E-state index contributed by atoms with van der Waals surface area (Å²) < 4.78 is 0.609. The Balaban J connectivity index is 2.49. The highest BCUT2D eigenvalue weighted by atomic mass is 35.5. The van der Waals surface area contributed by atoms with Gasteiger partial charge in [0.05, 0.1) is 5.69 Å². The van der Waals surface area contributed by atoms with Crippen molar-refractivity contribution < 1.29 is 0 Å². The van der Waals surface area contributed by atoms with E-state index in [9.17, 15) is 0 Å². The summed E-state index contributed by atoms with van der Waals surface area (Å²) in [7, 11) is 0. The molecule has 0 saturated carbocycles. The van der Waals surface area contributed by atoms with E-state index in [2.05, 4.69) is 36.2 Å². The highest BCUT2D eigenvalue weighted by molar-refractivity contribution is 7.16. The summed E-state index contributed by atoms with van der Waals surface area (Å²) in [5, 5.41) is 0. The zero-order valence-corrected chi connectivity index (χ0v) is 9.62. The van der Waals surface area contributed by atoms with Gasteiger partial charge in [0, 0.05) is 10.4 Å². The number of rotatable bonds is 1. The number of aromatic nitrogens is 1. The Morgan fingerprint density at radius 3 is 2.29 bits per heavy atom. The topological polar surface area (TPSA) is 12.9 Å². The van der Waals surface area contributed by atoms with Crippen LogP contribution in [-0.2, 0) is 0 Å². The quantitative estimate of drug-likeness (QED) is 0.710. The Bertz CT molecular complexity index is 445. The Morgan fingerprint density at radius 2 is 1.79 bits per heavy atom. The van der Waals surface area contributed by atoms with Crippen LogP contribution in [0.5, 0.6) is 0 Å². The van der Waals surface area contributed by atoms with Gasteiger partial charge in [0.2, 0.25) is 0 Å². The third-order valence-electron chi connectivity index (χ3n) is 2.10. The lowest BCUT2D eigenvalue weighted by Crippen LogP contribution is -1.80. The minimum Gasteiger partial charge on any atom is -0.225 e. The molecule has 0 aliphatic heterocycles. The number of hydrogen-bond acceptors (Lipinski definition) is 2. The van der Waals surface area contributed by atoms with Crippen molar-refractivity contribution in [3.05, 3.63) is 39.2 Å². The van der Waals surface area contributed by atoms with E-state index in [0.29, 0.717) is 4.47 Å². The second-order valence-electron chi connectivity index (χ2n) is 3.24. The molecular formula is C11H10ClNS. The molecule has 0 bridgehead atoms.